The van der Waals surface area contributed by atoms with Crippen molar-refractivity contribution in [3.63, 3.8) is 0 Å². The molecule has 0 N–H and O–H groups in total. The molecule has 8 heteroatoms. The van der Waals surface area contributed by atoms with Crippen LogP contribution >= 0.6 is 0 Å². The summed E-state index contributed by atoms with van der Waals surface area (Å²) in [6, 6.07) is 4.94. The smallest absolute Gasteiger partial charge is 0.236 e. The molecule has 2 aromatic rings. The van der Waals surface area contributed by atoms with Gasteiger partial charge < -0.3 is 14.0 Å². The molecule has 0 radical (unpaired) electrons. The molecule has 3 rings (SSSR count). The maximum absolute atomic E-state index is 10.7. The van der Waals surface area contributed by atoms with Crippen LogP contribution in [0.15, 0.2) is 22.7 Å². The molecule has 1 saturated carbocycles. The molecule has 0 amide bonds. The predicted molar refractivity (Wildman–Crippen MR) is 74.8 cm³/mol. The number of aromatic nitrogens is 2. The number of rotatable bonds is 6. The molecule has 1 heterocycles. The summed E-state index contributed by atoms with van der Waals surface area (Å²) in [6.45, 7) is 0. The fraction of sp³-hybridized carbons (Fsp3) is 0.429. The van der Waals surface area contributed by atoms with E-state index in [0.29, 0.717) is 36.1 Å². The molecule has 116 valence electrons. The SMILES string of the molecule is COc1ccc(Cc2noc([C@@H]3C[C@H]3[N+](=O)[O-])n2)cc1OC. The van der Waals surface area contributed by atoms with Crippen LogP contribution in [0.2, 0.25) is 0 Å². The zero-order chi connectivity index (χ0) is 15.7. The Morgan fingerprint density at radius 3 is 2.77 bits per heavy atom. The van der Waals surface area contributed by atoms with Gasteiger partial charge in [0.05, 0.1) is 14.2 Å². The van der Waals surface area contributed by atoms with Gasteiger partial charge in [-0.1, -0.05) is 11.2 Å². The normalized spacial score (nSPS) is 19.7. The minimum absolute atomic E-state index is 0.248. The van der Waals surface area contributed by atoms with Crippen molar-refractivity contribution >= 4 is 0 Å². The number of methoxy groups -OCH3 is 2. The molecule has 0 spiro atoms. The van der Waals surface area contributed by atoms with Crippen LogP contribution < -0.4 is 9.47 Å². The minimum Gasteiger partial charge on any atom is -0.493 e. The summed E-state index contributed by atoms with van der Waals surface area (Å²) in [5, 5.41) is 14.5. The van der Waals surface area contributed by atoms with E-state index in [2.05, 4.69) is 10.1 Å². The summed E-state index contributed by atoms with van der Waals surface area (Å²) in [5.74, 6) is 1.86. The highest BCUT2D eigenvalue weighted by molar-refractivity contribution is 5.43. The second-order valence-electron chi connectivity index (χ2n) is 5.11. The Hall–Kier alpha value is -2.64. The number of benzene rings is 1. The molecule has 0 aliphatic heterocycles. The van der Waals surface area contributed by atoms with Gasteiger partial charge in [0.1, 0.15) is 5.92 Å². The fourth-order valence-electron chi connectivity index (χ4n) is 2.34. The summed E-state index contributed by atoms with van der Waals surface area (Å²) >= 11 is 0. The van der Waals surface area contributed by atoms with E-state index in [1.54, 1.807) is 20.3 Å². The lowest BCUT2D eigenvalue weighted by Gasteiger charge is -2.08. The van der Waals surface area contributed by atoms with Crippen LogP contribution in [0.4, 0.5) is 0 Å². The first-order chi connectivity index (χ1) is 10.6. The molecule has 1 aromatic carbocycles. The van der Waals surface area contributed by atoms with E-state index in [1.165, 1.54) is 0 Å². The third-order valence-corrected chi connectivity index (χ3v) is 3.64. The van der Waals surface area contributed by atoms with Crippen LogP contribution in [0.1, 0.15) is 29.6 Å². The van der Waals surface area contributed by atoms with Gasteiger partial charge in [-0.2, -0.15) is 4.98 Å². The second kappa shape index (κ2) is 5.63. The molecule has 1 fully saturated rings. The average molecular weight is 305 g/mol. The summed E-state index contributed by atoms with van der Waals surface area (Å²) in [4.78, 5) is 14.6. The zero-order valence-corrected chi connectivity index (χ0v) is 12.2. The van der Waals surface area contributed by atoms with Crippen LogP contribution in [0.5, 0.6) is 11.5 Å². The molecule has 8 nitrogen and oxygen atoms in total. The van der Waals surface area contributed by atoms with Gasteiger partial charge in [0.2, 0.25) is 11.9 Å². The first-order valence-corrected chi connectivity index (χ1v) is 6.79. The lowest BCUT2D eigenvalue weighted by Crippen LogP contribution is -2.03. The van der Waals surface area contributed by atoms with Crippen molar-refractivity contribution in [1.29, 1.82) is 0 Å². The first kappa shape index (κ1) is 14.3. The van der Waals surface area contributed by atoms with E-state index in [4.69, 9.17) is 14.0 Å². The van der Waals surface area contributed by atoms with Crippen molar-refractivity contribution in [3.05, 3.63) is 45.6 Å². The Balaban J connectivity index is 1.72. The summed E-state index contributed by atoms with van der Waals surface area (Å²) < 4.78 is 15.5. The van der Waals surface area contributed by atoms with Crippen molar-refractivity contribution in [3.8, 4) is 11.5 Å². The van der Waals surface area contributed by atoms with Crippen LogP contribution in [0, 0.1) is 10.1 Å². The minimum atomic E-state index is -0.589. The van der Waals surface area contributed by atoms with Gasteiger partial charge in [0.25, 0.3) is 0 Å². The van der Waals surface area contributed by atoms with E-state index < -0.39 is 6.04 Å². The molecule has 0 bridgehead atoms. The molecule has 0 unspecified atom stereocenters. The number of hydrogen-bond acceptors (Lipinski definition) is 7. The van der Waals surface area contributed by atoms with E-state index in [1.807, 2.05) is 12.1 Å². The lowest BCUT2D eigenvalue weighted by molar-refractivity contribution is -0.496. The van der Waals surface area contributed by atoms with Crippen LogP contribution in [0.3, 0.4) is 0 Å². The average Bonchev–Trinajstić information content (AvgIpc) is 3.20. The molecular weight excluding hydrogens is 290 g/mol. The molecular formula is C14H15N3O5. The highest BCUT2D eigenvalue weighted by Gasteiger charge is 2.53. The Morgan fingerprint density at radius 1 is 1.36 bits per heavy atom. The van der Waals surface area contributed by atoms with Gasteiger partial charge in [-0.15, -0.1) is 0 Å². The van der Waals surface area contributed by atoms with Gasteiger partial charge >= 0.3 is 0 Å². The maximum Gasteiger partial charge on any atom is 0.236 e. The van der Waals surface area contributed by atoms with Crippen molar-refractivity contribution < 1.29 is 18.9 Å². The fourth-order valence-corrected chi connectivity index (χ4v) is 2.34. The molecule has 1 aromatic heterocycles. The Kier molecular flexibility index (Phi) is 3.66. The number of hydrogen-bond donors (Lipinski definition) is 0. The van der Waals surface area contributed by atoms with Crippen LogP contribution in [-0.2, 0) is 6.42 Å². The largest absolute Gasteiger partial charge is 0.493 e. The highest BCUT2D eigenvalue weighted by atomic mass is 16.6. The Bertz CT molecular complexity index is 700. The van der Waals surface area contributed by atoms with Crippen molar-refractivity contribution in [2.45, 2.75) is 24.8 Å². The molecule has 1 aliphatic rings. The third-order valence-electron chi connectivity index (χ3n) is 3.64. The third kappa shape index (κ3) is 2.72. The quantitative estimate of drug-likeness (QED) is 0.592. The van der Waals surface area contributed by atoms with Crippen molar-refractivity contribution in [2.24, 2.45) is 0 Å². The molecule has 22 heavy (non-hydrogen) atoms. The highest BCUT2D eigenvalue weighted by Crippen LogP contribution is 2.41. The monoisotopic (exact) mass is 305 g/mol. The number of nitrogens with zero attached hydrogens (tertiary/aromatic N) is 3. The summed E-state index contributed by atoms with van der Waals surface area (Å²) in [6.07, 6.45) is 0.921. The van der Waals surface area contributed by atoms with Gasteiger partial charge in [0.15, 0.2) is 17.3 Å². The van der Waals surface area contributed by atoms with Gasteiger partial charge in [-0.3, -0.25) is 10.1 Å². The van der Waals surface area contributed by atoms with Crippen LogP contribution in [0.25, 0.3) is 0 Å². The van der Waals surface area contributed by atoms with E-state index >= 15 is 0 Å². The number of nitro groups is 1. The van der Waals surface area contributed by atoms with E-state index in [9.17, 15) is 10.1 Å². The standard InChI is InChI=1S/C14H15N3O5/c1-20-11-4-3-8(5-12(11)21-2)6-13-15-14(22-16-13)9-7-10(9)17(18)19/h3-5,9-10H,6-7H2,1-2H3/t9-,10-/m1/s1. The van der Waals surface area contributed by atoms with Crippen molar-refractivity contribution in [2.75, 3.05) is 14.2 Å². The van der Waals surface area contributed by atoms with E-state index in [0.717, 1.165) is 5.56 Å². The predicted octanol–water partition coefficient (Wildman–Crippen LogP) is 1.81. The van der Waals surface area contributed by atoms with E-state index in [-0.39, 0.29) is 10.8 Å². The lowest BCUT2D eigenvalue weighted by atomic mass is 10.1. The molecule has 1 aliphatic carbocycles. The van der Waals surface area contributed by atoms with Gasteiger partial charge in [-0.25, -0.2) is 0 Å². The summed E-state index contributed by atoms with van der Waals surface area (Å²) in [5.41, 5.74) is 0.937. The second-order valence-corrected chi connectivity index (χ2v) is 5.11. The Labute approximate surface area is 126 Å². The summed E-state index contributed by atoms with van der Waals surface area (Å²) in [7, 11) is 3.14. The van der Waals surface area contributed by atoms with Gasteiger partial charge in [-0.05, 0) is 17.7 Å². The number of ether oxygens (including phenoxy) is 2. The first-order valence-electron chi connectivity index (χ1n) is 6.79. The van der Waals surface area contributed by atoms with Crippen LogP contribution in [-0.4, -0.2) is 35.3 Å². The topological polar surface area (TPSA) is 101 Å². The molecule has 0 saturated heterocycles. The molecule has 2 atom stereocenters. The van der Waals surface area contributed by atoms with Gasteiger partial charge in [0, 0.05) is 17.8 Å². The maximum atomic E-state index is 10.7. The van der Waals surface area contributed by atoms with Crippen molar-refractivity contribution in [1.82, 2.24) is 10.1 Å². The zero-order valence-electron chi connectivity index (χ0n) is 12.2. The Morgan fingerprint density at radius 2 is 2.14 bits per heavy atom.